The molecule has 1 unspecified atom stereocenters. The summed E-state index contributed by atoms with van der Waals surface area (Å²) in [7, 11) is 1.63. The quantitative estimate of drug-likeness (QED) is 0.765. The van der Waals surface area contributed by atoms with E-state index in [0.717, 1.165) is 40.1 Å². The molecule has 1 amide bonds. The molecule has 128 valence electrons. The highest BCUT2D eigenvalue weighted by atomic mass is 16.5. The summed E-state index contributed by atoms with van der Waals surface area (Å²) in [6.45, 7) is 0.433. The third-order valence-corrected chi connectivity index (χ3v) is 4.42. The van der Waals surface area contributed by atoms with Crippen LogP contribution in [0, 0.1) is 0 Å². The number of hydrogen-bond donors (Lipinski definition) is 2. The lowest BCUT2D eigenvalue weighted by molar-refractivity contribution is -0.121. The third-order valence-electron chi connectivity index (χ3n) is 4.42. The Bertz CT molecular complexity index is 919. The predicted molar refractivity (Wildman–Crippen MR) is 93.9 cm³/mol. The lowest BCUT2D eigenvalue weighted by Gasteiger charge is -2.27. The number of para-hydroxylation sites is 2. The van der Waals surface area contributed by atoms with Gasteiger partial charge < -0.3 is 14.8 Å². The van der Waals surface area contributed by atoms with Gasteiger partial charge >= 0.3 is 0 Å². The molecule has 0 fully saturated rings. The Labute approximate surface area is 145 Å². The van der Waals surface area contributed by atoms with E-state index in [1.807, 2.05) is 42.5 Å². The first-order valence-electron chi connectivity index (χ1n) is 8.24. The van der Waals surface area contributed by atoms with Gasteiger partial charge in [-0.1, -0.05) is 30.3 Å². The topological polar surface area (TPSA) is 76.2 Å². The first-order chi connectivity index (χ1) is 12.2. The molecular weight excluding hydrogens is 318 g/mol. The van der Waals surface area contributed by atoms with Crippen LogP contribution in [0.5, 0.6) is 11.5 Å². The molecule has 25 heavy (non-hydrogen) atoms. The Hall–Kier alpha value is -3.02. The summed E-state index contributed by atoms with van der Waals surface area (Å²) < 4.78 is 11.1. The fourth-order valence-corrected chi connectivity index (χ4v) is 3.24. The largest absolute Gasteiger partial charge is 0.493 e. The monoisotopic (exact) mass is 337 g/mol. The van der Waals surface area contributed by atoms with Gasteiger partial charge in [-0.05, 0) is 18.6 Å². The van der Waals surface area contributed by atoms with Crippen molar-refractivity contribution in [3.8, 4) is 11.5 Å². The molecule has 0 aliphatic carbocycles. The molecule has 1 aliphatic rings. The normalized spacial score (nSPS) is 16.1. The standard InChI is InChI=1S/C19H19N3O3/c1-24-17-8-4-5-12-9-13(11-25-19(12)17)20-18(23)10-16-14-6-2-3-7-15(14)21-22-16/h2-8,13H,9-11H2,1H3,(H,20,23)(H,21,22). The first-order valence-corrected chi connectivity index (χ1v) is 8.24. The van der Waals surface area contributed by atoms with E-state index < -0.39 is 0 Å². The molecule has 1 aromatic heterocycles. The van der Waals surface area contributed by atoms with Crippen molar-refractivity contribution in [2.75, 3.05) is 13.7 Å². The SMILES string of the molecule is COc1cccc2c1OCC(NC(=O)Cc1[nH]nc3ccccc13)C2. The molecule has 0 saturated carbocycles. The van der Waals surface area contributed by atoms with E-state index in [9.17, 15) is 4.79 Å². The van der Waals surface area contributed by atoms with Crippen molar-refractivity contribution in [3.63, 3.8) is 0 Å². The van der Waals surface area contributed by atoms with Gasteiger partial charge in [0.25, 0.3) is 0 Å². The van der Waals surface area contributed by atoms with Crippen molar-refractivity contribution in [1.82, 2.24) is 15.5 Å². The van der Waals surface area contributed by atoms with Gasteiger partial charge in [0.1, 0.15) is 6.61 Å². The number of nitrogens with zero attached hydrogens (tertiary/aromatic N) is 1. The number of hydrogen-bond acceptors (Lipinski definition) is 4. The second kappa shape index (κ2) is 6.47. The summed E-state index contributed by atoms with van der Waals surface area (Å²) in [5.74, 6) is 1.45. The number of aromatic nitrogens is 2. The van der Waals surface area contributed by atoms with Crippen molar-refractivity contribution >= 4 is 16.8 Å². The van der Waals surface area contributed by atoms with Gasteiger partial charge in [0.05, 0.1) is 30.8 Å². The van der Waals surface area contributed by atoms with Crippen LogP contribution in [-0.2, 0) is 17.6 Å². The van der Waals surface area contributed by atoms with Crippen LogP contribution in [0.25, 0.3) is 10.9 Å². The minimum Gasteiger partial charge on any atom is -0.493 e. The average Bonchev–Trinajstić information content (AvgIpc) is 3.04. The van der Waals surface area contributed by atoms with Crippen LogP contribution in [0.1, 0.15) is 11.3 Å². The van der Waals surface area contributed by atoms with Crippen molar-refractivity contribution < 1.29 is 14.3 Å². The molecule has 1 aliphatic heterocycles. The van der Waals surface area contributed by atoms with Gasteiger partial charge in [-0.15, -0.1) is 0 Å². The van der Waals surface area contributed by atoms with Crippen LogP contribution in [0.15, 0.2) is 42.5 Å². The zero-order valence-electron chi connectivity index (χ0n) is 13.9. The van der Waals surface area contributed by atoms with Crippen LogP contribution < -0.4 is 14.8 Å². The number of carbonyl (C=O) groups is 1. The molecule has 0 spiro atoms. The molecule has 2 aromatic carbocycles. The highest BCUT2D eigenvalue weighted by molar-refractivity contribution is 5.87. The fraction of sp³-hybridized carbons (Fsp3) is 0.263. The highest BCUT2D eigenvalue weighted by Gasteiger charge is 2.24. The van der Waals surface area contributed by atoms with E-state index in [0.29, 0.717) is 6.61 Å². The highest BCUT2D eigenvalue weighted by Crippen LogP contribution is 2.34. The molecule has 6 heteroatoms. The van der Waals surface area contributed by atoms with Crippen LogP contribution in [0.2, 0.25) is 0 Å². The maximum absolute atomic E-state index is 12.4. The minimum atomic E-state index is -0.0544. The summed E-state index contributed by atoms with van der Waals surface area (Å²) in [6.07, 6.45) is 0.990. The summed E-state index contributed by atoms with van der Waals surface area (Å²) in [6, 6.07) is 13.5. The Morgan fingerprint density at radius 2 is 2.20 bits per heavy atom. The van der Waals surface area contributed by atoms with Gasteiger partial charge in [-0.25, -0.2) is 0 Å². The van der Waals surface area contributed by atoms with E-state index >= 15 is 0 Å². The van der Waals surface area contributed by atoms with Crippen molar-refractivity contribution in [3.05, 3.63) is 53.7 Å². The minimum absolute atomic E-state index is 0.0469. The van der Waals surface area contributed by atoms with Crippen molar-refractivity contribution in [1.29, 1.82) is 0 Å². The maximum atomic E-state index is 12.4. The lowest BCUT2D eigenvalue weighted by atomic mass is 10.0. The second-order valence-electron chi connectivity index (χ2n) is 6.12. The predicted octanol–water partition coefficient (Wildman–Crippen LogP) is 2.23. The van der Waals surface area contributed by atoms with Gasteiger partial charge in [0.2, 0.25) is 5.91 Å². The van der Waals surface area contributed by atoms with Crippen LogP contribution in [0.3, 0.4) is 0 Å². The van der Waals surface area contributed by atoms with Gasteiger partial charge in [0.15, 0.2) is 11.5 Å². The van der Waals surface area contributed by atoms with Gasteiger partial charge in [0, 0.05) is 10.9 Å². The second-order valence-corrected chi connectivity index (χ2v) is 6.12. The summed E-state index contributed by atoms with van der Waals surface area (Å²) >= 11 is 0. The van der Waals surface area contributed by atoms with E-state index in [1.165, 1.54) is 0 Å². The molecule has 0 radical (unpaired) electrons. The number of aromatic amines is 1. The maximum Gasteiger partial charge on any atom is 0.226 e. The molecule has 2 N–H and O–H groups in total. The molecular formula is C19H19N3O3. The number of carbonyl (C=O) groups excluding carboxylic acids is 1. The Kier molecular flexibility index (Phi) is 4.01. The Balaban J connectivity index is 1.43. The number of H-pyrrole nitrogens is 1. The number of benzene rings is 2. The molecule has 1 atom stereocenters. The smallest absolute Gasteiger partial charge is 0.226 e. The number of ether oxygens (including phenoxy) is 2. The molecule has 2 heterocycles. The Morgan fingerprint density at radius 3 is 3.08 bits per heavy atom. The van der Waals surface area contributed by atoms with Gasteiger partial charge in [-0.2, -0.15) is 5.10 Å². The van der Waals surface area contributed by atoms with E-state index in [1.54, 1.807) is 7.11 Å². The number of amides is 1. The van der Waals surface area contributed by atoms with Crippen LogP contribution in [-0.4, -0.2) is 35.9 Å². The van der Waals surface area contributed by atoms with Crippen LogP contribution in [0.4, 0.5) is 0 Å². The lowest BCUT2D eigenvalue weighted by Crippen LogP contribution is -2.43. The van der Waals surface area contributed by atoms with Crippen LogP contribution >= 0.6 is 0 Å². The number of rotatable bonds is 4. The summed E-state index contributed by atoms with van der Waals surface area (Å²) in [5.41, 5.74) is 2.74. The fourth-order valence-electron chi connectivity index (χ4n) is 3.24. The van der Waals surface area contributed by atoms with E-state index in [-0.39, 0.29) is 18.4 Å². The average molecular weight is 337 g/mol. The molecule has 0 bridgehead atoms. The first kappa shape index (κ1) is 15.5. The summed E-state index contributed by atoms with van der Waals surface area (Å²) in [4.78, 5) is 12.4. The zero-order chi connectivity index (χ0) is 17.2. The number of methoxy groups -OCH3 is 1. The molecule has 4 rings (SSSR count). The van der Waals surface area contributed by atoms with Gasteiger partial charge in [-0.3, -0.25) is 9.89 Å². The number of fused-ring (bicyclic) bond motifs is 2. The number of nitrogens with one attached hydrogen (secondary N) is 2. The van der Waals surface area contributed by atoms with Crippen molar-refractivity contribution in [2.45, 2.75) is 18.9 Å². The molecule has 3 aromatic rings. The molecule has 6 nitrogen and oxygen atoms in total. The van der Waals surface area contributed by atoms with Crippen molar-refractivity contribution in [2.24, 2.45) is 0 Å². The van der Waals surface area contributed by atoms with E-state index in [4.69, 9.17) is 9.47 Å². The molecule has 0 saturated heterocycles. The Morgan fingerprint density at radius 1 is 1.32 bits per heavy atom. The summed E-state index contributed by atoms with van der Waals surface area (Å²) in [5, 5.41) is 11.2. The van der Waals surface area contributed by atoms with E-state index in [2.05, 4.69) is 15.5 Å². The zero-order valence-corrected chi connectivity index (χ0v) is 13.9. The third kappa shape index (κ3) is 3.03.